The van der Waals surface area contributed by atoms with Gasteiger partial charge >= 0.3 is 0 Å². The van der Waals surface area contributed by atoms with E-state index in [2.05, 4.69) is 150 Å². The van der Waals surface area contributed by atoms with Crippen molar-refractivity contribution in [2.75, 3.05) is 0 Å². The van der Waals surface area contributed by atoms with E-state index in [-0.39, 0.29) is 18.0 Å². The molecule has 0 amide bonds. The van der Waals surface area contributed by atoms with Gasteiger partial charge in [-0.2, -0.15) is 10.5 Å². The van der Waals surface area contributed by atoms with Crippen molar-refractivity contribution in [3.63, 3.8) is 0 Å². The minimum atomic E-state index is -0.211. The van der Waals surface area contributed by atoms with Gasteiger partial charge in [0.1, 0.15) is 17.8 Å². The van der Waals surface area contributed by atoms with E-state index in [1.54, 1.807) is 0 Å². The van der Waals surface area contributed by atoms with Crippen LogP contribution < -0.4 is 5.32 Å². The van der Waals surface area contributed by atoms with Crippen molar-refractivity contribution < 1.29 is 0 Å². The van der Waals surface area contributed by atoms with Crippen molar-refractivity contribution in [2.45, 2.75) is 83.7 Å². The predicted octanol–water partition coefficient (Wildman–Crippen LogP) is 12.8. The normalized spacial score (nSPS) is 22.1. The monoisotopic (exact) mass is 806 g/mol. The fourth-order valence-corrected chi connectivity index (χ4v) is 11.2. The number of hydrogen-bond acceptors (Lipinski definition) is 4. The fourth-order valence-electron chi connectivity index (χ4n) is 11.2. The summed E-state index contributed by atoms with van der Waals surface area (Å²) in [5.41, 5.74) is 19.2. The third-order valence-corrected chi connectivity index (χ3v) is 14.1. The molecule has 0 spiro atoms. The molecule has 0 saturated heterocycles. The Kier molecular flexibility index (Phi) is 9.54. The Balaban J connectivity index is 1.12. The highest BCUT2D eigenvalue weighted by Gasteiger charge is 2.36. The molecule has 11 rings (SSSR count). The number of nitriles is 2. The van der Waals surface area contributed by atoms with Crippen LogP contribution in [-0.4, -0.2) is 15.3 Å². The van der Waals surface area contributed by atoms with E-state index in [4.69, 9.17) is 4.99 Å². The van der Waals surface area contributed by atoms with Crippen LogP contribution in [0.4, 0.5) is 5.82 Å². The first-order valence-corrected chi connectivity index (χ1v) is 22.6. The van der Waals surface area contributed by atoms with Gasteiger partial charge in [-0.15, -0.1) is 0 Å². The second-order valence-electron chi connectivity index (χ2n) is 17.8. The molecule has 0 bridgehead atoms. The number of rotatable bonds is 6. The molecule has 2 aromatic heterocycles. The van der Waals surface area contributed by atoms with Crippen molar-refractivity contribution in [3.8, 4) is 23.3 Å². The molecule has 4 heterocycles. The topological polar surface area (TPSA) is 81.8 Å². The molecule has 4 aliphatic carbocycles. The molecule has 6 nitrogen and oxygen atoms in total. The second kappa shape index (κ2) is 15.5. The van der Waals surface area contributed by atoms with E-state index < -0.39 is 0 Å². The van der Waals surface area contributed by atoms with E-state index in [0.29, 0.717) is 11.5 Å². The number of allylic oxidation sites excluding steroid dienone is 8. The lowest BCUT2D eigenvalue weighted by molar-refractivity contribution is 0.530. The maximum absolute atomic E-state index is 10.2. The molecule has 62 heavy (non-hydrogen) atoms. The lowest BCUT2D eigenvalue weighted by Crippen LogP contribution is -2.31. The highest BCUT2D eigenvalue weighted by atomic mass is 15.3. The van der Waals surface area contributed by atoms with E-state index in [1.807, 2.05) is 18.2 Å². The van der Waals surface area contributed by atoms with Gasteiger partial charge in [0.2, 0.25) is 0 Å². The molecule has 4 unspecified atom stereocenters. The van der Waals surface area contributed by atoms with Crippen LogP contribution in [0.2, 0.25) is 0 Å². The Bertz CT molecular complexity index is 2990. The van der Waals surface area contributed by atoms with E-state index >= 15 is 0 Å². The van der Waals surface area contributed by atoms with Crippen LogP contribution in [-0.2, 0) is 25.7 Å². The van der Waals surface area contributed by atoms with Gasteiger partial charge in [-0.05, 0) is 150 Å². The number of hydrogen-bond donors (Lipinski definition) is 1. The molecule has 6 aliphatic rings. The summed E-state index contributed by atoms with van der Waals surface area (Å²) < 4.78 is 4.98. The molecule has 0 fully saturated rings. The van der Waals surface area contributed by atoms with Crippen molar-refractivity contribution in [1.29, 1.82) is 10.5 Å². The number of fused-ring (bicyclic) bond motifs is 6. The minimum Gasteiger partial charge on any atom is -0.347 e. The Hall–Kier alpha value is -6.89. The lowest BCUT2D eigenvalue weighted by atomic mass is 9.79. The first kappa shape index (κ1) is 38.1. The summed E-state index contributed by atoms with van der Waals surface area (Å²) in [6, 6.07) is 30.5. The smallest absolute Gasteiger partial charge is 0.141 e. The van der Waals surface area contributed by atoms with Gasteiger partial charge in [-0.25, -0.2) is 4.99 Å². The number of aliphatic imine (C=N–C) groups is 1. The molecule has 3 aromatic carbocycles. The molecule has 304 valence electrons. The summed E-state index contributed by atoms with van der Waals surface area (Å²) in [4.78, 5) is 5.16. The van der Waals surface area contributed by atoms with E-state index in [1.165, 1.54) is 74.5 Å². The average molecular weight is 807 g/mol. The van der Waals surface area contributed by atoms with Crippen molar-refractivity contribution in [1.82, 2.24) is 14.5 Å². The van der Waals surface area contributed by atoms with Gasteiger partial charge in [0.15, 0.2) is 0 Å². The lowest BCUT2D eigenvalue weighted by Gasteiger charge is -2.32. The van der Waals surface area contributed by atoms with Crippen molar-refractivity contribution in [3.05, 3.63) is 171 Å². The Morgan fingerprint density at radius 3 is 2.29 bits per heavy atom. The number of nitrogens with zero attached hydrogens (tertiary/aromatic N) is 5. The van der Waals surface area contributed by atoms with Crippen LogP contribution in [0.15, 0.2) is 114 Å². The molecule has 6 heteroatoms. The quantitative estimate of drug-likeness (QED) is 0.185. The zero-order valence-electron chi connectivity index (χ0n) is 35.5. The molecule has 5 aromatic rings. The first-order chi connectivity index (χ1) is 30.5. The molecular formula is C56H50N6. The highest BCUT2D eigenvalue weighted by Crippen LogP contribution is 2.48. The summed E-state index contributed by atoms with van der Waals surface area (Å²) in [6.45, 7) is 4.52. The molecule has 1 N–H and O–H groups in total. The highest BCUT2D eigenvalue weighted by molar-refractivity contribution is 6.10. The van der Waals surface area contributed by atoms with Crippen LogP contribution >= 0.6 is 0 Å². The summed E-state index contributed by atoms with van der Waals surface area (Å²) >= 11 is 0. The molecular weight excluding hydrogens is 757 g/mol. The van der Waals surface area contributed by atoms with Crippen molar-refractivity contribution >= 4 is 46.7 Å². The molecule has 4 atom stereocenters. The van der Waals surface area contributed by atoms with Gasteiger partial charge in [0.25, 0.3) is 0 Å². The van der Waals surface area contributed by atoms with E-state index in [0.717, 1.165) is 78.8 Å². The third-order valence-electron chi connectivity index (χ3n) is 14.1. The zero-order chi connectivity index (χ0) is 41.9. The maximum Gasteiger partial charge on any atom is 0.141 e. The third kappa shape index (κ3) is 6.15. The molecule has 2 aliphatic heterocycles. The second-order valence-corrected chi connectivity index (χ2v) is 17.8. The largest absolute Gasteiger partial charge is 0.347 e. The van der Waals surface area contributed by atoms with Gasteiger partial charge < -0.3 is 9.88 Å². The summed E-state index contributed by atoms with van der Waals surface area (Å²) in [5.74, 6) is 2.46. The predicted molar refractivity (Wildman–Crippen MR) is 253 cm³/mol. The maximum atomic E-state index is 10.2. The first-order valence-electron chi connectivity index (χ1n) is 22.6. The van der Waals surface area contributed by atoms with Gasteiger partial charge in [-0.3, -0.25) is 4.57 Å². The zero-order valence-corrected chi connectivity index (χ0v) is 35.5. The summed E-state index contributed by atoms with van der Waals surface area (Å²) in [6.07, 6.45) is 30.0. The van der Waals surface area contributed by atoms with Crippen LogP contribution in [0.1, 0.15) is 120 Å². The Morgan fingerprint density at radius 2 is 1.47 bits per heavy atom. The summed E-state index contributed by atoms with van der Waals surface area (Å²) in [7, 11) is 0. The summed E-state index contributed by atoms with van der Waals surface area (Å²) in [5, 5.41) is 24.5. The van der Waals surface area contributed by atoms with Crippen LogP contribution in [0.5, 0.6) is 0 Å². The Morgan fingerprint density at radius 1 is 0.726 bits per heavy atom. The van der Waals surface area contributed by atoms with Crippen LogP contribution in [0.3, 0.4) is 0 Å². The van der Waals surface area contributed by atoms with Gasteiger partial charge in [0.05, 0.1) is 23.6 Å². The van der Waals surface area contributed by atoms with Gasteiger partial charge in [0, 0.05) is 40.3 Å². The fraction of sp³-hybridized carbons (Fsp3) is 0.268. The van der Waals surface area contributed by atoms with E-state index in [9.17, 15) is 10.5 Å². The van der Waals surface area contributed by atoms with Crippen molar-refractivity contribution in [2.24, 2.45) is 16.8 Å². The van der Waals surface area contributed by atoms with Gasteiger partial charge in [-0.1, -0.05) is 105 Å². The SMILES string of the molecule is CC1C=C(c2ccccc2-c2ccccc2C#N)C(c2ccccc2C2=CC(n3c4c(c5c3C=CC(C#N)C5C)CCC=C4)NC(n3c4c(c5c3N=CCC5)CCCC4)=C2)=CC1. The number of nitrogens with one attached hydrogen (secondary N) is 1. The van der Waals surface area contributed by atoms with Crippen LogP contribution in [0.25, 0.3) is 45.8 Å². The Labute approximate surface area is 365 Å². The molecule has 0 radical (unpaired) electrons. The minimum absolute atomic E-state index is 0.107. The van der Waals surface area contributed by atoms with Crippen LogP contribution in [0, 0.1) is 34.5 Å². The number of benzene rings is 3. The average Bonchev–Trinajstić information content (AvgIpc) is 3.85. The number of aromatic nitrogens is 2. The molecule has 0 saturated carbocycles. The number of dihydropyridines is 1. The standard InChI is InChI=1S/C56H50N6/c1-35-25-27-45(49(30-35)44-19-8-7-17-42(44)40-15-4-3-14-38(40)34-58)43-18-6-5-16-41(43)39-31-53(61-51-24-12-10-21-48(51)55-36(2)37(33-57)26-28-52(55)61)60-54(32-39)62-50-23-11-9-20-46(50)47-22-13-29-59-56(47)62/h3-8,12,14-19,24,26-32,35-37,53,60H,9-11,13,20-23,25H2,1-2H3.